The van der Waals surface area contributed by atoms with E-state index in [9.17, 15) is 0 Å². The maximum absolute atomic E-state index is 6.40. The molecule has 21 heavy (non-hydrogen) atoms. The average Bonchev–Trinajstić information content (AvgIpc) is 2.78. The van der Waals surface area contributed by atoms with Gasteiger partial charge in [-0.2, -0.15) is 0 Å². The highest BCUT2D eigenvalue weighted by atomic mass is 35.5. The monoisotopic (exact) mass is 321 g/mol. The molecule has 2 heterocycles. The molecule has 1 aromatic heterocycles. The fourth-order valence-corrected chi connectivity index (χ4v) is 4.12. The number of rotatable bonds is 3. The zero-order valence-electron chi connectivity index (χ0n) is 12.4. The first-order valence-corrected chi connectivity index (χ1v) is 8.46. The highest BCUT2D eigenvalue weighted by Crippen LogP contribution is 2.31. The Kier molecular flexibility index (Phi) is 4.60. The summed E-state index contributed by atoms with van der Waals surface area (Å²) < 4.78 is 0. The molecule has 1 atom stereocenters. The minimum absolute atomic E-state index is 0.328. The lowest BCUT2D eigenvalue weighted by Crippen LogP contribution is -2.45. The summed E-state index contributed by atoms with van der Waals surface area (Å²) in [4.78, 5) is 8.42. The second-order valence-corrected chi connectivity index (χ2v) is 7.15. The number of aryl methyl sites for hydroxylation is 2. The van der Waals surface area contributed by atoms with Crippen molar-refractivity contribution in [2.75, 3.05) is 19.6 Å². The summed E-state index contributed by atoms with van der Waals surface area (Å²) in [6, 6.07) is 8.50. The molecule has 1 aliphatic rings. The van der Waals surface area contributed by atoms with Gasteiger partial charge in [0, 0.05) is 42.1 Å². The van der Waals surface area contributed by atoms with E-state index in [1.165, 1.54) is 10.4 Å². The third-order valence-corrected chi connectivity index (χ3v) is 5.37. The third-order valence-electron chi connectivity index (χ3n) is 3.96. The summed E-state index contributed by atoms with van der Waals surface area (Å²) in [5, 5.41) is 5.48. The number of hydrogen-bond acceptors (Lipinski definition) is 4. The quantitative estimate of drug-likeness (QED) is 0.937. The van der Waals surface area contributed by atoms with E-state index in [0.29, 0.717) is 6.04 Å². The Morgan fingerprint density at radius 2 is 2.19 bits per heavy atom. The van der Waals surface area contributed by atoms with Gasteiger partial charge in [-0.15, -0.1) is 11.3 Å². The van der Waals surface area contributed by atoms with Crippen molar-refractivity contribution in [3.05, 3.63) is 50.4 Å². The van der Waals surface area contributed by atoms with Gasteiger partial charge in [0.05, 0.1) is 10.7 Å². The van der Waals surface area contributed by atoms with Gasteiger partial charge in [0.25, 0.3) is 0 Å². The second kappa shape index (κ2) is 6.44. The first-order valence-electron chi connectivity index (χ1n) is 7.27. The molecule has 1 aromatic carbocycles. The Morgan fingerprint density at radius 1 is 1.38 bits per heavy atom. The molecule has 0 radical (unpaired) electrons. The Morgan fingerprint density at radius 3 is 2.90 bits per heavy atom. The van der Waals surface area contributed by atoms with Gasteiger partial charge >= 0.3 is 0 Å². The van der Waals surface area contributed by atoms with E-state index in [1.807, 2.05) is 12.1 Å². The SMILES string of the molecule is Cc1nc(C)c(CN2CCNCC2c2ccccc2Cl)s1. The Labute approximate surface area is 135 Å². The van der Waals surface area contributed by atoms with E-state index in [0.717, 1.165) is 41.9 Å². The van der Waals surface area contributed by atoms with Crippen molar-refractivity contribution in [1.82, 2.24) is 15.2 Å². The molecular weight excluding hydrogens is 302 g/mol. The zero-order chi connectivity index (χ0) is 14.8. The predicted octanol–water partition coefficient (Wildman–Crippen LogP) is 3.56. The van der Waals surface area contributed by atoms with Gasteiger partial charge in [-0.05, 0) is 25.5 Å². The van der Waals surface area contributed by atoms with Gasteiger partial charge in [0.15, 0.2) is 0 Å². The van der Waals surface area contributed by atoms with E-state index in [1.54, 1.807) is 11.3 Å². The van der Waals surface area contributed by atoms with Crippen molar-refractivity contribution >= 4 is 22.9 Å². The van der Waals surface area contributed by atoms with Crippen LogP contribution in [0.4, 0.5) is 0 Å². The molecule has 1 unspecified atom stereocenters. The minimum atomic E-state index is 0.328. The van der Waals surface area contributed by atoms with Gasteiger partial charge in [-0.3, -0.25) is 4.90 Å². The fraction of sp³-hybridized carbons (Fsp3) is 0.438. The van der Waals surface area contributed by atoms with Crippen LogP contribution in [0, 0.1) is 13.8 Å². The highest BCUT2D eigenvalue weighted by molar-refractivity contribution is 7.11. The summed E-state index contributed by atoms with van der Waals surface area (Å²) in [7, 11) is 0. The molecule has 3 nitrogen and oxygen atoms in total. The van der Waals surface area contributed by atoms with Crippen molar-refractivity contribution < 1.29 is 0 Å². The number of halogens is 1. The van der Waals surface area contributed by atoms with E-state index in [-0.39, 0.29) is 0 Å². The maximum atomic E-state index is 6.40. The predicted molar refractivity (Wildman–Crippen MR) is 89.1 cm³/mol. The van der Waals surface area contributed by atoms with Crippen molar-refractivity contribution in [2.45, 2.75) is 26.4 Å². The smallest absolute Gasteiger partial charge is 0.0900 e. The van der Waals surface area contributed by atoms with Crippen molar-refractivity contribution in [3.8, 4) is 0 Å². The second-order valence-electron chi connectivity index (χ2n) is 5.45. The molecule has 1 N–H and O–H groups in total. The molecule has 1 saturated heterocycles. The molecule has 0 bridgehead atoms. The van der Waals surface area contributed by atoms with Gasteiger partial charge in [-0.25, -0.2) is 4.98 Å². The topological polar surface area (TPSA) is 28.2 Å². The molecular formula is C16H20ClN3S. The van der Waals surface area contributed by atoms with Crippen LogP contribution in [0.5, 0.6) is 0 Å². The molecule has 3 rings (SSSR count). The molecule has 0 aliphatic carbocycles. The summed E-state index contributed by atoms with van der Waals surface area (Å²) in [6.45, 7) is 8.13. The van der Waals surface area contributed by atoms with Crippen LogP contribution in [0.15, 0.2) is 24.3 Å². The molecule has 112 valence electrons. The molecule has 2 aromatic rings. The largest absolute Gasteiger partial charge is 0.314 e. The Hall–Kier alpha value is -0.940. The number of benzene rings is 1. The number of hydrogen-bond donors (Lipinski definition) is 1. The van der Waals surface area contributed by atoms with Crippen LogP contribution < -0.4 is 5.32 Å². The summed E-state index contributed by atoms with van der Waals surface area (Å²) in [5.41, 5.74) is 2.37. The summed E-state index contributed by atoms with van der Waals surface area (Å²) in [6.07, 6.45) is 0. The van der Waals surface area contributed by atoms with Crippen LogP contribution in [0.2, 0.25) is 5.02 Å². The minimum Gasteiger partial charge on any atom is -0.314 e. The molecule has 0 amide bonds. The maximum Gasteiger partial charge on any atom is 0.0900 e. The van der Waals surface area contributed by atoms with Crippen molar-refractivity contribution in [2.24, 2.45) is 0 Å². The Bertz CT molecular complexity index is 626. The highest BCUT2D eigenvalue weighted by Gasteiger charge is 2.26. The number of nitrogens with zero attached hydrogens (tertiary/aromatic N) is 2. The standard InChI is InChI=1S/C16H20ClN3S/c1-11-16(21-12(2)19-11)10-20-8-7-18-9-15(20)13-5-3-4-6-14(13)17/h3-6,15,18H,7-10H2,1-2H3. The molecule has 0 spiro atoms. The van der Waals surface area contributed by atoms with Gasteiger partial charge < -0.3 is 5.32 Å². The lowest BCUT2D eigenvalue weighted by atomic mass is 10.0. The molecule has 1 aliphatic heterocycles. The average molecular weight is 322 g/mol. The molecule has 1 fully saturated rings. The van der Waals surface area contributed by atoms with E-state index < -0.39 is 0 Å². The summed E-state index contributed by atoms with van der Waals surface area (Å²) in [5.74, 6) is 0. The van der Waals surface area contributed by atoms with Crippen LogP contribution in [-0.4, -0.2) is 29.5 Å². The van der Waals surface area contributed by atoms with E-state index in [4.69, 9.17) is 11.6 Å². The third kappa shape index (κ3) is 3.29. The first kappa shape index (κ1) is 15.0. The lowest BCUT2D eigenvalue weighted by Gasteiger charge is -2.36. The number of aromatic nitrogens is 1. The van der Waals surface area contributed by atoms with Gasteiger partial charge in [0.1, 0.15) is 0 Å². The Balaban J connectivity index is 1.85. The van der Waals surface area contributed by atoms with E-state index in [2.05, 4.69) is 41.2 Å². The fourth-order valence-electron chi connectivity index (χ4n) is 2.89. The number of nitrogens with one attached hydrogen (secondary N) is 1. The van der Waals surface area contributed by atoms with Gasteiger partial charge in [-0.1, -0.05) is 29.8 Å². The number of piperazine rings is 1. The van der Waals surface area contributed by atoms with Crippen molar-refractivity contribution in [3.63, 3.8) is 0 Å². The zero-order valence-corrected chi connectivity index (χ0v) is 14.0. The van der Waals surface area contributed by atoms with Crippen LogP contribution in [0.1, 0.15) is 27.2 Å². The first-order chi connectivity index (χ1) is 10.1. The van der Waals surface area contributed by atoms with E-state index >= 15 is 0 Å². The van der Waals surface area contributed by atoms with Gasteiger partial charge in [0.2, 0.25) is 0 Å². The number of thiazole rings is 1. The molecule has 5 heteroatoms. The van der Waals surface area contributed by atoms with Crippen LogP contribution in [0.25, 0.3) is 0 Å². The molecule has 0 saturated carbocycles. The lowest BCUT2D eigenvalue weighted by molar-refractivity contribution is 0.155. The summed E-state index contributed by atoms with van der Waals surface area (Å²) >= 11 is 8.20. The van der Waals surface area contributed by atoms with Crippen LogP contribution >= 0.6 is 22.9 Å². The van der Waals surface area contributed by atoms with Crippen molar-refractivity contribution in [1.29, 1.82) is 0 Å². The van der Waals surface area contributed by atoms with Crippen LogP contribution in [-0.2, 0) is 6.54 Å². The normalized spacial score (nSPS) is 19.9. The van der Waals surface area contributed by atoms with Crippen LogP contribution in [0.3, 0.4) is 0 Å².